The number of nitriles is 1. The third-order valence-electron chi connectivity index (χ3n) is 2.20. The molecule has 5 heteroatoms. The normalized spacial score (nSPS) is 11.2. The van der Waals surface area contributed by atoms with Crippen LogP contribution in [0.15, 0.2) is 41.8 Å². The maximum Gasteiger partial charge on any atom is 0.137 e. The van der Waals surface area contributed by atoms with Crippen LogP contribution in [-0.4, -0.2) is 13.3 Å². The van der Waals surface area contributed by atoms with Gasteiger partial charge in [-0.25, -0.2) is 4.99 Å². The first-order chi connectivity index (χ1) is 8.62. The molecule has 0 saturated carbocycles. The summed E-state index contributed by atoms with van der Waals surface area (Å²) in [4.78, 5) is 3.87. The molecule has 5 nitrogen and oxygen atoms in total. The van der Waals surface area contributed by atoms with Gasteiger partial charge in [0.2, 0.25) is 0 Å². The minimum absolute atomic E-state index is 0.190. The number of allylic oxidation sites excluding steroid dienone is 1. The Labute approximate surface area is 106 Å². The van der Waals surface area contributed by atoms with Gasteiger partial charge in [-0.2, -0.15) is 5.26 Å². The van der Waals surface area contributed by atoms with Gasteiger partial charge in [-0.1, -0.05) is 12.6 Å². The average Bonchev–Trinajstić information content (AvgIpc) is 2.38. The van der Waals surface area contributed by atoms with Gasteiger partial charge in [0.25, 0.3) is 0 Å². The maximum absolute atomic E-state index is 8.89. The Bertz CT molecular complexity index is 553. The molecule has 0 aliphatic rings. The molecule has 1 rings (SSSR count). The van der Waals surface area contributed by atoms with E-state index in [4.69, 9.17) is 21.5 Å². The van der Waals surface area contributed by atoms with Gasteiger partial charge in [-0.15, -0.1) is 0 Å². The molecule has 0 amide bonds. The number of hydrogen-bond donors (Lipinski definition) is 2. The molecular weight excluding hydrogens is 228 g/mol. The van der Waals surface area contributed by atoms with Crippen LogP contribution in [0.5, 0.6) is 5.75 Å². The van der Waals surface area contributed by atoms with Gasteiger partial charge in [-0.05, 0) is 17.7 Å². The molecule has 0 unspecified atom stereocenters. The molecular formula is C13H14N4O. The van der Waals surface area contributed by atoms with Crippen LogP contribution in [0.1, 0.15) is 11.1 Å². The third-order valence-corrected chi connectivity index (χ3v) is 2.20. The summed E-state index contributed by atoms with van der Waals surface area (Å²) in [6, 6.07) is 7.16. The average molecular weight is 242 g/mol. The highest BCUT2D eigenvalue weighted by Gasteiger charge is 2.05. The summed E-state index contributed by atoms with van der Waals surface area (Å²) >= 11 is 0. The molecule has 1 aromatic carbocycles. The molecule has 4 N–H and O–H groups in total. The Hall–Kier alpha value is -2.74. The largest absolute Gasteiger partial charge is 0.495 e. The van der Waals surface area contributed by atoms with Crippen molar-refractivity contribution in [2.24, 2.45) is 16.5 Å². The summed E-state index contributed by atoms with van der Waals surface area (Å²) in [5, 5.41) is 8.89. The van der Waals surface area contributed by atoms with Gasteiger partial charge in [0, 0.05) is 18.0 Å². The highest BCUT2D eigenvalue weighted by atomic mass is 16.5. The number of hydrogen-bond acceptors (Lipinski definition) is 5. The first-order valence-corrected chi connectivity index (χ1v) is 5.11. The van der Waals surface area contributed by atoms with Crippen LogP contribution in [0.25, 0.3) is 5.57 Å². The zero-order valence-electron chi connectivity index (χ0n) is 10.1. The van der Waals surface area contributed by atoms with Gasteiger partial charge in [0.15, 0.2) is 0 Å². The van der Waals surface area contributed by atoms with Crippen molar-refractivity contribution in [3.05, 3.63) is 47.9 Å². The summed E-state index contributed by atoms with van der Waals surface area (Å²) < 4.78 is 5.12. The lowest BCUT2D eigenvalue weighted by Crippen LogP contribution is -1.96. The molecule has 0 atom stereocenters. The van der Waals surface area contributed by atoms with E-state index in [0.29, 0.717) is 16.9 Å². The summed E-state index contributed by atoms with van der Waals surface area (Å²) in [6.45, 7) is 3.46. The van der Waals surface area contributed by atoms with Crippen molar-refractivity contribution in [1.29, 1.82) is 5.26 Å². The SMILES string of the molecule is C=C(N)/N=C\C(=C/N)c1ccc(C#N)c(OC)c1. The highest BCUT2D eigenvalue weighted by molar-refractivity contribution is 6.10. The van der Waals surface area contributed by atoms with E-state index in [1.165, 1.54) is 19.5 Å². The Balaban J connectivity index is 3.17. The van der Waals surface area contributed by atoms with E-state index in [0.717, 1.165) is 5.56 Å². The lowest BCUT2D eigenvalue weighted by Gasteiger charge is -2.06. The molecule has 18 heavy (non-hydrogen) atoms. The third kappa shape index (κ3) is 3.12. The van der Waals surface area contributed by atoms with E-state index in [-0.39, 0.29) is 5.82 Å². The van der Waals surface area contributed by atoms with Crippen LogP contribution >= 0.6 is 0 Å². The van der Waals surface area contributed by atoms with E-state index < -0.39 is 0 Å². The zero-order valence-corrected chi connectivity index (χ0v) is 10.1. The van der Waals surface area contributed by atoms with Crippen molar-refractivity contribution in [3.63, 3.8) is 0 Å². The van der Waals surface area contributed by atoms with Gasteiger partial charge in [-0.3, -0.25) is 0 Å². The van der Waals surface area contributed by atoms with Gasteiger partial charge in [0.05, 0.1) is 12.7 Å². The molecule has 0 aliphatic heterocycles. The summed E-state index contributed by atoms with van der Waals surface area (Å²) in [7, 11) is 1.50. The van der Waals surface area contributed by atoms with Crippen LogP contribution in [0, 0.1) is 11.3 Å². The molecule has 0 aromatic heterocycles. The van der Waals surface area contributed by atoms with E-state index in [2.05, 4.69) is 11.6 Å². The van der Waals surface area contributed by atoms with Gasteiger partial charge >= 0.3 is 0 Å². The second kappa shape index (κ2) is 6.11. The van der Waals surface area contributed by atoms with E-state index >= 15 is 0 Å². The summed E-state index contributed by atoms with van der Waals surface area (Å²) in [5.74, 6) is 0.671. The highest BCUT2D eigenvalue weighted by Crippen LogP contribution is 2.23. The number of benzene rings is 1. The second-order valence-electron chi connectivity index (χ2n) is 3.40. The maximum atomic E-state index is 8.89. The fourth-order valence-electron chi connectivity index (χ4n) is 1.33. The number of nitrogens with zero attached hydrogens (tertiary/aromatic N) is 2. The molecule has 0 fully saturated rings. The van der Waals surface area contributed by atoms with E-state index in [1.807, 2.05) is 6.07 Å². The predicted octanol–water partition coefficient (Wildman–Crippen LogP) is 1.37. The lowest BCUT2D eigenvalue weighted by molar-refractivity contribution is 0.413. The van der Waals surface area contributed by atoms with Crippen LogP contribution in [-0.2, 0) is 0 Å². The molecule has 0 bridgehead atoms. The fraction of sp³-hybridized carbons (Fsp3) is 0.0769. The zero-order chi connectivity index (χ0) is 13.5. The fourth-order valence-corrected chi connectivity index (χ4v) is 1.33. The lowest BCUT2D eigenvalue weighted by atomic mass is 10.0. The number of methoxy groups -OCH3 is 1. The quantitative estimate of drug-likeness (QED) is 0.779. The number of ether oxygens (including phenoxy) is 1. The molecule has 0 heterocycles. The van der Waals surface area contributed by atoms with Crippen molar-refractivity contribution in [2.75, 3.05) is 7.11 Å². The van der Waals surface area contributed by atoms with Gasteiger partial charge < -0.3 is 16.2 Å². The number of nitrogens with two attached hydrogens (primary N) is 2. The molecule has 92 valence electrons. The van der Waals surface area contributed by atoms with Crippen molar-refractivity contribution in [3.8, 4) is 11.8 Å². The number of rotatable bonds is 4. The van der Waals surface area contributed by atoms with Gasteiger partial charge in [0.1, 0.15) is 17.6 Å². The van der Waals surface area contributed by atoms with Crippen LogP contribution in [0.3, 0.4) is 0 Å². The summed E-state index contributed by atoms with van der Waals surface area (Å²) in [5.41, 5.74) is 12.8. The first-order valence-electron chi connectivity index (χ1n) is 5.11. The van der Waals surface area contributed by atoms with Crippen molar-refractivity contribution in [1.82, 2.24) is 0 Å². The Kier molecular flexibility index (Phi) is 4.52. The van der Waals surface area contributed by atoms with Crippen LogP contribution < -0.4 is 16.2 Å². The van der Waals surface area contributed by atoms with E-state index in [1.54, 1.807) is 18.2 Å². The molecule has 0 radical (unpaired) electrons. The standard InChI is InChI=1S/C13H14N4O/c1-9(16)17-8-12(7-15)10-3-4-11(6-14)13(5-10)18-2/h3-5,7-8H,1,15-16H2,2H3/b12-7+,17-8-. The second-order valence-corrected chi connectivity index (χ2v) is 3.40. The number of aliphatic imine (C=N–C) groups is 1. The Morgan fingerprint density at radius 2 is 2.28 bits per heavy atom. The van der Waals surface area contributed by atoms with Crippen LogP contribution in [0.2, 0.25) is 0 Å². The predicted molar refractivity (Wildman–Crippen MR) is 71.7 cm³/mol. The molecule has 1 aromatic rings. The Morgan fingerprint density at radius 1 is 1.56 bits per heavy atom. The summed E-state index contributed by atoms with van der Waals surface area (Å²) in [6.07, 6.45) is 2.90. The van der Waals surface area contributed by atoms with Crippen molar-refractivity contribution in [2.45, 2.75) is 0 Å². The first kappa shape index (κ1) is 13.3. The Morgan fingerprint density at radius 3 is 2.78 bits per heavy atom. The minimum atomic E-state index is 0.190. The smallest absolute Gasteiger partial charge is 0.137 e. The van der Waals surface area contributed by atoms with Crippen molar-refractivity contribution >= 4 is 11.8 Å². The topological polar surface area (TPSA) is 97.4 Å². The van der Waals surface area contributed by atoms with Crippen molar-refractivity contribution < 1.29 is 4.74 Å². The molecule has 0 spiro atoms. The van der Waals surface area contributed by atoms with Crippen LogP contribution in [0.4, 0.5) is 0 Å². The monoisotopic (exact) mass is 242 g/mol. The minimum Gasteiger partial charge on any atom is -0.495 e. The molecule has 0 aliphatic carbocycles. The van der Waals surface area contributed by atoms with E-state index in [9.17, 15) is 0 Å². The molecule has 0 saturated heterocycles.